The van der Waals surface area contributed by atoms with Gasteiger partial charge in [-0.05, 0) is 35.9 Å². The van der Waals surface area contributed by atoms with Gasteiger partial charge in [0.25, 0.3) is 0 Å². The van der Waals surface area contributed by atoms with Crippen molar-refractivity contribution in [2.75, 3.05) is 7.11 Å². The molecule has 0 heterocycles. The number of carbonyl (C=O) groups excluding carboxylic acids is 2. The van der Waals surface area contributed by atoms with Gasteiger partial charge < -0.3 is 9.47 Å². The average molecular weight is 488 g/mol. The number of hydrogen-bond donors (Lipinski definition) is 0. The van der Waals surface area contributed by atoms with Crippen molar-refractivity contribution < 1.29 is 19.1 Å². The Morgan fingerprint density at radius 1 is 0.750 bits per heavy atom. The van der Waals surface area contributed by atoms with Crippen LogP contribution in [0.4, 0.5) is 5.69 Å². The van der Waals surface area contributed by atoms with E-state index in [4.69, 9.17) is 15.0 Å². The van der Waals surface area contributed by atoms with Crippen molar-refractivity contribution >= 4 is 17.3 Å². The Labute approximate surface area is 212 Å². The highest BCUT2D eigenvalue weighted by molar-refractivity contribution is 6.00. The van der Waals surface area contributed by atoms with Crippen LogP contribution < -0.4 is 9.47 Å². The first kappa shape index (κ1) is 28.1. The van der Waals surface area contributed by atoms with Gasteiger partial charge in [0, 0.05) is 32.6 Å². The van der Waals surface area contributed by atoms with Crippen LogP contribution in [0.2, 0.25) is 0 Å². The first-order valence-electron chi connectivity index (χ1n) is 11.5. The summed E-state index contributed by atoms with van der Waals surface area (Å²) in [6.07, 6.45) is 0. The molecule has 0 N–H and O–H groups in total. The second-order valence-corrected chi connectivity index (χ2v) is 10.2. The van der Waals surface area contributed by atoms with Crippen molar-refractivity contribution in [3.63, 3.8) is 0 Å². The lowest BCUT2D eigenvalue weighted by molar-refractivity contribution is 0.0852. The number of Topliss-reactive ketones (excluding diaryl/α,β-unsaturated/α-hetero) is 2. The number of hydrogen-bond acceptors (Lipinski definition) is 5. The van der Waals surface area contributed by atoms with Crippen molar-refractivity contribution in [3.8, 4) is 17.2 Å². The largest absolute Gasteiger partial charge is 0.493 e. The zero-order valence-electron chi connectivity index (χ0n) is 21.9. The average Bonchev–Trinajstić information content (AvgIpc) is 2.84. The van der Waals surface area contributed by atoms with E-state index in [0.717, 1.165) is 5.75 Å². The summed E-state index contributed by atoms with van der Waals surface area (Å²) < 4.78 is 11.1. The fourth-order valence-electron chi connectivity index (χ4n) is 3.11. The van der Waals surface area contributed by atoms with Gasteiger partial charge in [-0.1, -0.05) is 89.1 Å². The summed E-state index contributed by atoms with van der Waals surface area (Å²) in [6, 6.07) is 21.4. The van der Waals surface area contributed by atoms with E-state index in [-0.39, 0.29) is 17.0 Å². The lowest BCUT2D eigenvalue weighted by atomic mass is 9.86. The van der Waals surface area contributed by atoms with E-state index in [1.165, 1.54) is 0 Å². The van der Waals surface area contributed by atoms with Crippen LogP contribution in [0.3, 0.4) is 0 Å². The molecule has 0 spiro atoms. The molecule has 0 fully saturated rings. The fourth-order valence-corrected chi connectivity index (χ4v) is 3.11. The highest BCUT2D eigenvalue weighted by atomic mass is 16.5. The topological polar surface area (TPSA) is 101 Å². The predicted octanol–water partition coefficient (Wildman–Crippen LogP) is 8.57. The summed E-state index contributed by atoms with van der Waals surface area (Å²) in [5.41, 5.74) is 9.19. The Bertz CT molecular complexity index is 1230. The Balaban J connectivity index is 0.000000269. The lowest BCUT2D eigenvalue weighted by Gasteiger charge is -2.18. The van der Waals surface area contributed by atoms with Crippen molar-refractivity contribution in [2.45, 2.75) is 41.5 Å². The van der Waals surface area contributed by atoms with E-state index < -0.39 is 5.41 Å². The number of ether oxygens (including phenoxy) is 2. The maximum absolute atomic E-state index is 12.3. The van der Waals surface area contributed by atoms with Gasteiger partial charge in [0.2, 0.25) is 0 Å². The summed E-state index contributed by atoms with van der Waals surface area (Å²) in [4.78, 5) is 26.8. The SMILES string of the molecule is CC(C)(C)C(=O)c1ccc(N=[N+]=[N-])cc1.COc1cc(C(=O)C(C)(C)C)ccc1Oc1ccccc1. The molecular formula is C29H33N3O4. The number of methoxy groups -OCH3 is 1. The standard InChI is InChI=1S/C18H20O3.C11H13N3O/c1-18(2,3)17(19)13-10-11-15(16(12-13)20-4)21-14-8-6-5-7-9-14;1-11(2,3)10(15)8-4-6-9(7-5-8)13-14-12/h5-12H,1-4H3;4-7H,1-3H3. The summed E-state index contributed by atoms with van der Waals surface area (Å²) in [5.74, 6) is 2.02. The molecule has 0 amide bonds. The monoisotopic (exact) mass is 487 g/mol. The maximum atomic E-state index is 12.3. The number of nitrogens with zero attached hydrogens (tertiary/aromatic N) is 3. The molecule has 36 heavy (non-hydrogen) atoms. The van der Waals surface area contributed by atoms with Crippen molar-refractivity contribution in [3.05, 3.63) is 94.4 Å². The Hall–Kier alpha value is -4.09. The van der Waals surface area contributed by atoms with Gasteiger partial charge in [0.05, 0.1) is 7.11 Å². The zero-order chi connectivity index (χ0) is 26.9. The summed E-state index contributed by atoms with van der Waals surface area (Å²) in [6.45, 7) is 11.3. The van der Waals surface area contributed by atoms with Crippen LogP contribution in [0.5, 0.6) is 17.2 Å². The second-order valence-electron chi connectivity index (χ2n) is 10.2. The Kier molecular flexibility index (Phi) is 9.42. The minimum Gasteiger partial charge on any atom is -0.493 e. The minimum atomic E-state index is -0.424. The normalized spacial score (nSPS) is 10.9. The molecule has 188 valence electrons. The Morgan fingerprint density at radius 3 is 1.78 bits per heavy atom. The van der Waals surface area contributed by atoms with Gasteiger partial charge in [-0.15, -0.1) is 0 Å². The summed E-state index contributed by atoms with van der Waals surface area (Å²) >= 11 is 0. The van der Waals surface area contributed by atoms with Crippen molar-refractivity contribution in [1.82, 2.24) is 0 Å². The number of azide groups is 1. The van der Waals surface area contributed by atoms with Crippen LogP contribution in [-0.4, -0.2) is 18.7 Å². The molecule has 0 bridgehead atoms. The molecule has 3 aromatic rings. The highest BCUT2D eigenvalue weighted by Crippen LogP contribution is 2.34. The van der Waals surface area contributed by atoms with Gasteiger partial charge in [-0.2, -0.15) is 0 Å². The van der Waals surface area contributed by atoms with Crippen molar-refractivity contribution in [1.29, 1.82) is 0 Å². The van der Waals surface area contributed by atoms with Crippen LogP contribution in [0.15, 0.2) is 77.9 Å². The second kappa shape index (κ2) is 12.0. The third kappa shape index (κ3) is 8.00. The van der Waals surface area contributed by atoms with E-state index in [9.17, 15) is 9.59 Å². The Morgan fingerprint density at radius 2 is 1.28 bits per heavy atom. The van der Waals surface area contributed by atoms with E-state index in [1.807, 2.05) is 71.9 Å². The molecule has 0 radical (unpaired) electrons. The molecule has 7 heteroatoms. The van der Waals surface area contributed by atoms with Gasteiger partial charge >= 0.3 is 0 Å². The fraction of sp³-hybridized carbons (Fsp3) is 0.310. The number of para-hydroxylation sites is 1. The van der Waals surface area contributed by atoms with Crippen molar-refractivity contribution in [2.24, 2.45) is 15.9 Å². The van der Waals surface area contributed by atoms with E-state index >= 15 is 0 Å². The molecule has 3 rings (SSSR count). The van der Waals surface area contributed by atoms with Crippen LogP contribution in [0.1, 0.15) is 62.3 Å². The number of benzene rings is 3. The van der Waals surface area contributed by atoms with Crippen LogP contribution in [0.25, 0.3) is 10.4 Å². The third-order valence-corrected chi connectivity index (χ3v) is 5.05. The number of carbonyl (C=O) groups is 2. The van der Waals surface area contributed by atoms with Gasteiger partial charge in [0.15, 0.2) is 23.1 Å². The molecule has 0 saturated heterocycles. The molecule has 0 aromatic heterocycles. The highest BCUT2D eigenvalue weighted by Gasteiger charge is 2.24. The van der Waals surface area contributed by atoms with Gasteiger partial charge in [0.1, 0.15) is 5.75 Å². The smallest absolute Gasteiger partial charge is 0.169 e. The molecule has 3 aromatic carbocycles. The molecule has 0 saturated carbocycles. The first-order chi connectivity index (χ1) is 16.9. The molecule has 0 aliphatic rings. The molecule has 0 unspecified atom stereocenters. The third-order valence-electron chi connectivity index (χ3n) is 5.05. The van der Waals surface area contributed by atoms with Crippen LogP contribution >= 0.6 is 0 Å². The molecule has 0 aliphatic heterocycles. The van der Waals surface area contributed by atoms with Gasteiger partial charge in [-0.25, -0.2) is 0 Å². The van der Waals surface area contributed by atoms with Crippen LogP contribution in [0, 0.1) is 10.8 Å². The quantitative estimate of drug-likeness (QED) is 0.150. The first-order valence-corrected chi connectivity index (χ1v) is 11.5. The number of rotatable bonds is 6. The lowest BCUT2D eigenvalue weighted by Crippen LogP contribution is -2.20. The van der Waals surface area contributed by atoms with E-state index in [2.05, 4.69) is 10.0 Å². The molecule has 7 nitrogen and oxygen atoms in total. The zero-order valence-corrected chi connectivity index (χ0v) is 21.9. The summed E-state index contributed by atoms with van der Waals surface area (Å²) in [7, 11) is 1.57. The number of ketones is 2. The predicted molar refractivity (Wildman–Crippen MR) is 142 cm³/mol. The van der Waals surface area contributed by atoms with Crippen LogP contribution in [-0.2, 0) is 0 Å². The minimum absolute atomic E-state index is 0.0760. The van der Waals surface area contributed by atoms with E-state index in [1.54, 1.807) is 49.6 Å². The van der Waals surface area contributed by atoms with E-state index in [0.29, 0.717) is 28.3 Å². The summed E-state index contributed by atoms with van der Waals surface area (Å²) in [5, 5.41) is 3.44. The van der Waals surface area contributed by atoms with Gasteiger partial charge in [-0.3, -0.25) is 9.59 Å². The maximum Gasteiger partial charge on any atom is 0.169 e. The molecular weight excluding hydrogens is 454 g/mol. The molecule has 0 aliphatic carbocycles. The molecule has 0 atom stereocenters.